The predicted octanol–water partition coefficient (Wildman–Crippen LogP) is 3.25. The highest BCUT2D eigenvalue weighted by Gasteiger charge is 2.19. The second-order valence-corrected chi connectivity index (χ2v) is 7.52. The Balaban J connectivity index is 1.72. The van der Waals surface area contributed by atoms with E-state index in [1.807, 2.05) is 0 Å². The molecule has 0 saturated carbocycles. The van der Waals surface area contributed by atoms with Crippen molar-refractivity contribution >= 4 is 58.1 Å². The minimum absolute atomic E-state index is 0.230. The van der Waals surface area contributed by atoms with Crippen molar-refractivity contribution in [2.24, 2.45) is 5.73 Å². The number of thioether (sulfide) groups is 1. The molecule has 10 heteroatoms. The summed E-state index contributed by atoms with van der Waals surface area (Å²) in [5.41, 5.74) is 6.59. The number of nitrogens with one attached hydrogen (secondary N) is 1. The summed E-state index contributed by atoms with van der Waals surface area (Å²) in [6.07, 6.45) is 1.64. The Morgan fingerprint density at radius 3 is 2.58 bits per heavy atom. The van der Waals surface area contributed by atoms with Crippen LogP contribution in [0.4, 0.5) is 5.69 Å². The van der Waals surface area contributed by atoms with Gasteiger partial charge in [0.15, 0.2) is 10.8 Å². The molecule has 2 aromatic heterocycles. The molecule has 0 aliphatic rings. The molecule has 0 fully saturated rings. The number of fused-ring (bicyclic) bond motifs is 1. The van der Waals surface area contributed by atoms with Crippen LogP contribution in [-0.2, 0) is 4.79 Å². The lowest BCUT2D eigenvalue weighted by molar-refractivity contribution is -0.115. The molecular weight excluding hydrogens is 397 g/mol. The van der Waals surface area contributed by atoms with Crippen molar-refractivity contribution in [2.75, 3.05) is 5.32 Å². The van der Waals surface area contributed by atoms with Gasteiger partial charge in [0.25, 0.3) is 0 Å². The summed E-state index contributed by atoms with van der Waals surface area (Å²) in [5.74, 6) is -0.755. The highest BCUT2D eigenvalue weighted by molar-refractivity contribution is 8.00. The normalized spacial score (nSPS) is 12.1. The van der Waals surface area contributed by atoms with Gasteiger partial charge < -0.3 is 11.1 Å². The third-order valence-corrected chi connectivity index (χ3v) is 5.03. The molecule has 134 valence electrons. The first-order chi connectivity index (χ1) is 12.3. The van der Waals surface area contributed by atoms with Crippen molar-refractivity contribution in [3.63, 3.8) is 0 Å². The lowest BCUT2D eigenvalue weighted by Gasteiger charge is -2.11. The summed E-state index contributed by atoms with van der Waals surface area (Å²) in [4.78, 5) is 23.5. The first-order valence-electron chi connectivity index (χ1n) is 7.42. The topological polar surface area (TPSA) is 102 Å². The zero-order chi connectivity index (χ0) is 18.8. The Kier molecular flexibility index (Phi) is 5.36. The molecule has 3 aromatic rings. The van der Waals surface area contributed by atoms with E-state index in [0.29, 0.717) is 32.1 Å². The lowest BCUT2D eigenvalue weighted by Crippen LogP contribution is -2.22. The van der Waals surface area contributed by atoms with Crippen molar-refractivity contribution in [2.45, 2.75) is 17.3 Å². The lowest BCUT2D eigenvalue weighted by atomic mass is 10.2. The van der Waals surface area contributed by atoms with E-state index in [0.717, 1.165) is 0 Å². The fourth-order valence-electron chi connectivity index (χ4n) is 2.16. The number of anilines is 1. The van der Waals surface area contributed by atoms with Crippen LogP contribution >= 0.6 is 35.0 Å². The van der Waals surface area contributed by atoms with E-state index in [1.165, 1.54) is 11.8 Å². The van der Waals surface area contributed by atoms with E-state index in [4.69, 9.17) is 28.9 Å². The molecule has 3 N–H and O–H groups in total. The first-order valence-corrected chi connectivity index (χ1v) is 9.06. The quantitative estimate of drug-likeness (QED) is 0.629. The fourth-order valence-corrected chi connectivity index (χ4v) is 3.49. The van der Waals surface area contributed by atoms with Gasteiger partial charge in [0.2, 0.25) is 11.8 Å². The molecule has 0 radical (unpaired) electrons. The summed E-state index contributed by atoms with van der Waals surface area (Å²) in [5, 5.41) is 11.7. The molecule has 1 aromatic carbocycles. The van der Waals surface area contributed by atoms with Gasteiger partial charge in [-0.25, -0.2) is 0 Å². The van der Waals surface area contributed by atoms with Crippen LogP contribution in [0.25, 0.3) is 5.65 Å². The molecule has 3 rings (SSSR count). The van der Waals surface area contributed by atoms with Gasteiger partial charge in [-0.05, 0) is 37.3 Å². The highest BCUT2D eigenvalue weighted by Crippen LogP contribution is 2.28. The van der Waals surface area contributed by atoms with Crippen molar-refractivity contribution in [3.8, 4) is 0 Å². The van der Waals surface area contributed by atoms with Gasteiger partial charge in [-0.1, -0.05) is 35.0 Å². The molecule has 2 heterocycles. The van der Waals surface area contributed by atoms with E-state index in [1.54, 1.807) is 47.9 Å². The average molecular weight is 410 g/mol. The van der Waals surface area contributed by atoms with Crippen LogP contribution in [0.2, 0.25) is 10.0 Å². The number of nitrogens with zero attached hydrogens (tertiary/aromatic N) is 3. The summed E-state index contributed by atoms with van der Waals surface area (Å²) in [6.45, 7) is 1.74. The molecule has 2 amide bonds. The maximum Gasteiger partial charge on any atom is 0.248 e. The zero-order valence-corrected chi connectivity index (χ0v) is 15.8. The Labute approximate surface area is 162 Å². The van der Waals surface area contributed by atoms with Gasteiger partial charge >= 0.3 is 0 Å². The van der Waals surface area contributed by atoms with Crippen molar-refractivity contribution in [1.82, 2.24) is 14.6 Å². The Morgan fingerprint density at radius 1 is 1.23 bits per heavy atom. The van der Waals surface area contributed by atoms with Gasteiger partial charge in [-0.15, -0.1) is 10.2 Å². The van der Waals surface area contributed by atoms with E-state index in [-0.39, 0.29) is 5.91 Å². The largest absolute Gasteiger partial charge is 0.366 e. The van der Waals surface area contributed by atoms with Crippen molar-refractivity contribution < 1.29 is 9.59 Å². The summed E-state index contributed by atoms with van der Waals surface area (Å²) < 4.78 is 1.64. The number of benzene rings is 1. The van der Waals surface area contributed by atoms with Gasteiger partial charge in [0.1, 0.15) is 0 Å². The van der Waals surface area contributed by atoms with Crippen molar-refractivity contribution in [1.29, 1.82) is 0 Å². The second kappa shape index (κ2) is 7.53. The molecular formula is C16H13Cl2N5O2S. The molecule has 0 bridgehead atoms. The van der Waals surface area contributed by atoms with Crippen LogP contribution in [0.15, 0.2) is 41.7 Å². The van der Waals surface area contributed by atoms with E-state index in [9.17, 15) is 9.59 Å². The summed E-state index contributed by atoms with van der Waals surface area (Å²) in [7, 11) is 0. The SMILES string of the molecule is CC(Sc1nnc2c(Cl)cc(Cl)cn12)C(=O)Nc1ccc(C(N)=O)cc1. The minimum Gasteiger partial charge on any atom is -0.366 e. The number of amides is 2. The maximum absolute atomic E-state index is 12.4. The van der Waals surface area contributed by atoms with Crippen LogP contribution in [0.1, 0.15) is 17.3 Å². The monoisotopic (exact) mass is 409 g/mol. The molecule has 1 unspecified atom stereocenters. The maximum atomic E-state index is 12.4. The number of nitrogens with two attached hydrogens (primary N) is 1. The number of hydrogen-bond donors (Lipinski definition) is 2. The number of aromatic nitrogens is 3. The van der Waals surface area contributed by atoms with Crippen LogP contribution in [0.5, 0.6) is 0 Å². The molecule has 0 saturated heterocycles. The second-order valence-electron chi connectivity index (χ2n) is 5.37. The van der Waals surface area contributed by atoms with E-state index in [2.05, 4.69) is 15.5 Å². The number of rotatable bonds is 5. The number of primary amides is 1. The molecule has 1 atom stereocenters. The number of hydrogen-bond acceptors (Lipinski definition) is 5. The van der Waals surface area contributed by atoms with Gasteiger partial charge in [-0.2, -0.15) is 0 Å². The van der Waals surface area contributed by atoms with E-state index >= 15 is 0 Å². The number of carbonyl (C=O) groups excluding carboxylic acids is 2. The fraction of sp³-hybridized carbons (Fsp3) is 0.125. The number of carbonyl (C=O) groups is 2. The molecule has 7 nitrogen and oxygen atoms in total. The Morgan fingerprint density at radius 2 is 1.92 bits per heavy atom. The van der Waals surface area contributed by atoms with Crippen LogP contribution < -0.4 is 11.1 Å². The Bertz CT molecular complexity index is 990. The third kappa shape index (κ3) is 3.92. The van der Waals surface area contributed by atoms with Crippen LogP contribution in [0, 0.1) is 0 Å². The average Bonchev–Trinajstić information content (AvgIpc) is 2.98. The number of pyridine rings is 1. The van der Waals surface area contributed by atoms with Gasteiger partial charge in [0.05, 0.1) is 15.3 Å². The third-order valence-electron chi connectivity index (χ3n) is 3.48. The smallest absolute Gasteiger partial charge is 0.248 e. The predicted molar refractivity (Wildman–Crippen MR) is 102 cm³/mol. The zero-order valence-electron chi connectivity index (χ0n) is 13.4. The highest BCUT2D eigenvalue weighted by atomic mass is 35.5. The minimum atomic E-state index is -0.525. The summed E-state index contributed by atoms with van der Waals surface area (Å²) in [6, 6.07) is 7.90. The first kappa shape index (κ1) is 18.5. The molecule has 0 aliphatic heterocycles. The summed E-state index contributed by atoms with van der Waals surface area (Å²) >= 11 is 13.3. The Hall–Kier alpha value is -2.29. The standard InChI is InChI=1S/C16H13Cl2N5O2S/c1-8(15(25)20-11-4-2-9(3-5-11)13(19)24)26-16-22-21-14-12(18)6-10(17)7-23(14)16/h2-8H,1H3,(H2,19,24)(H,20,25). The molecule has 26 heavy (non-hydrogen) atoms. The molecule has 0 aliphatic carbocycles. The number of halogens is 2. The van der Waals surface area contributed by atoms with E-state index < -0.39 is 11.2 Å². The van der Waals surface area contributed by atoms with Gasteiger partial charge in [-0.3, -0.25) is 14.0 Å². The van der Waals surface area contributed by atoms with Gasteiger partial charge in [0, 0.05) is 17.4 Å². The molecule has 0 spiro atoms. The van der Waals surface area contributed by atoms with Crippen LogP contribution in [0.3, 0.4) is 0 Å². The van der Waals surface area contributed by atoms with Crippen LogP contribution in [-0.4, -0.2) is 31.7 Å². The van der Waals surface area contributed by atoms with Crippen molar-refractivity contribution in [3.05, 3.63) is 52.1 Å².